The molecule has 0 aliphatic carbocycles. The number of rotatable bonds is 2. The average Bonchev–Trinajstić information content (AvgIpc) is 2.38. The van der Waals surface area contributed by atoms with Crippen LogP contribution in [0.5, 0.6) is 0 Å². The summed E-state index contributed by atoms with van der Waals surface area (Å²) in [6, 6.07) is 4.40. The molecule has 2 N–H and O–H groups in total. The highest BCUT2D eigenvalue weighted by Crippen LogP contribution is 2.38. The smallest absolute Gasteiger partial charge is 0.371 e. The molecule has 0 atom stereocenters. The second-order valence-corrected chi connectivity index (χ2v) is 4.60. The fourth-order valence-electron chi connectivity index (χ4n) is 2.35. The summed E-state index contributed by atoms with van der Waals surface area (Å²) < 4.78 is 39.2. The molecule has 0 radical (unpaired) electrons. The van der Waals surface area contributed by atoms with Crippen LogP contribution in [0, 0.1) is 0 Å². The summed E-state index contributed by atoms with van der Waals surface area (Å²) in [6.45, 7) is 1.53. The van der Waals surface area contributed by atoms with Crippen molar-refractivity contribution in [3.8, 4) is 0 Å². The van der Waals surface area contributed by atoms with Crippen molar-refractivity contribution in [3.63, 3.8) is 0 Å². The molecule has 1 heterocycles. The molecule has 2 nitrogen and oxygen atoms in total. The van der Waals surface area contributed by atoms with Crippen molar-refractivity contribution in [3.05, 3.63) is 29.3 Å². The lowest BCUT2D eigenvalue weighted by Crippen LogP contribution is -2.31. The Labute approximate surface area is 105 Å². The number of nitrogens with two attached hydrogens (primary N) is 1. The minimum atomic E-state index is -4.32. The third kappa shape index (κ3) is 2.77. The molecule has 1 aliphatic rings. The molecule has 5 heteroatoms. The van der Waals surface area contributed by atoms with E-state index >= 15 is 0 Å². The number of hydrogen-bond donors (Lipinski definition) is 1. The predicted molar refractivity (Wildman–Crippen MR) is 65.4 cm³/mol. The van der Waals surface area contributed by atoms with Crippen LogP contribution in [0.2, 0.25) is 0 Å². The number of benzene rings is 1. The predicted octanol–water partition coefficient (Wildman–Crippen LogP) is 3.15. The first-order valence-corrected chi connectivity index (χ1v) is 6.17. The zero-order chi connectivity index (χ0) is 13.2. The van der Waals surface area contributed by atoms with Gasteiger partial charge >= 0.3 is 6.18 Å². The maximum Gasteiger partial charge on any atom is 0.418 e. The highest BCUT2D eigenvalue weighted by Gasteiger charge is 2.35. The van der Waals surface area contributed by atoms with E-state index in [1.807, 2.05) is 4.90 Å². The van der Waals surface area contributed by atoms with E-state index in [0.29, 0.717) is 24.3 Å². The van der Waals surface area contributed by atoms with Crippen molar-refractivity contribution in [1.82, 2.24) is 0 Å². The quantitative estimate of drug-likeness (QED) is 0.883. The van der Waals surface area contributed by atoms with Gasteiger partial charge in [0, 0.05) is 25.3 Å². The van der Waals surface area contributed by atoms with Crippen LogP contribution < -0.4 is 10.6 Å². The molecule has 1 aromatic carbocycles. The highest BCUT2D eigenvalue weighted by molar-refractivity contribution is 5.56. The largest absolute Gasteiger partial charge is 0.418 e. The fourth-order valence-corrected chi connectivity index (χ4v) is 2.35. The minimum absolute atomic E-state index is 0.128. The van der Waals surface area contributed by atoms with Gasteiger partial charge in [-0.2, -0.15) is 13.2 Å². The molecule has 1 aliphatic heterocycles. The van der Waals surface area contributed by atoms with Crippen LogP contribution in [-0.2, 0) is 12.7 Å². The Balaban J connectivity index is 2.38. The minimum Gasteiger partial charge on any atom is -0.371 e. The van der Waals surface area contributed by atoms with Crippen molar-refractivity contribution >= 4 is 5.69 Å². The normalized spacial score (nSPS) is 17.0. The van der Waals surface area contributed by atoms with Crippen LogP contribution >= 0.6 is 0 Å². The topological polar surface area (TPSA) is 29.3 Å². The number of piperidine rings is 1. The lowest BCUT2D eigenvalue weighted by atomic mass is 10.0. The van der Waals surface area contributed by atoms with Gasteiger partial charge in [-0.05, 0) is 37.0 Å². The van der Waals surface area contributed by atoms with Gasteiger partial charge in [-0.25, -0.2) is 0 Å². The first kappa shape index (κ1) is 13.2. The van der Waals surface area contributed by atoms with Crippen LogP contribution in [0.25, 0.3) is 0 Å². The van der Waals surface area contributed by atoms with Crippen molar-refractivity contribution in [2.75, 3.05) is 18.0 Å². The summed E-state index contributed by atoms with van der Waals surface area (Å²) in [4.78, 5) is 1.83. The second-order valence-electron chi connectivity index (χ2n) is 4.60. The molecule has 18 heavy (non-hydrogen) atoms. The molecular formula is C13H17F3N2. The summed E-state index contributed by atoms with van der Waals surface area (Å²) >= 11 is 0. The van der Waals surface area contributed by atoms with Gasteiger partial charge in [-0.3, -0.25) is 0 Å². The molecule has 1 aromatic rings. The van der Waals surface area contributed by atoms with Crippen molar-refractivity contribution < 1.29 is 13.2 Å². The second kappa shape index (κ2) is 5.18. The summed E-state index contributed by atoms with van der Waals surface area (Å²) in [6.07, 6.45) is -1.32. The van der Waals surface area contributed by atoms with E-state index in [0.717, 1.165) is 19.3 Å². The Hall–Kier alpha value is -1.23. The van der Waals surface area contributed by atoms with E-state index < -0.39 is 11.7 Å². The van der Waals surface area contributed by atoms with Gasteiger partial charge < -0.3 is 10.6 Å². The molecule has 0 unspecified atom stereocenters. The molecule has 2 rings (SSSR count). The van der Waals surface area contributed by atoms with E-state index in [4.69, 9.17) is 5.73 Å². The van der Waals surface area contributed by atoms with Crippen molar-refractivity contribution in [1.29, 1.82) is 0 Å². The van der Waals surface area contributed by atoms with Gasteiger partial charge in [-0.1, -0.05) is 6.07 Å². The van der Waals surface area contributed by atoms with Crippen molar-refractivity contribution in [2.24, 2.45) is 5.73 Å². The van der Waals surface area contributed by atoms with Crippen LogP contribution in [0.15, 0.2) is 18.2 Å². The van der Waals surface area contributed by atoms with Gasteiger partial charge in [0.05, 0.1) is 5.56 Å². The molecule has 100 valence electrons. The molecule has 1 fully saturated rings. The average molecular weight is 258 g/mol. The zero-order valence-corrected chi connectivity index (χ0v) is 10.1. The van der Waals surface area contributed by atoms with Gasteiger partial charge in [0.15, 0.2) is 0 Å². The summed E-state index contributed by atoms with van der Waals surface area (Å²) in [5, 5.41) is 0. The zero-order valence-electron chi connectivity index (χ0n) is 10.1. The third-order valence-electron chi connectivity index (χ3n) is 3.30. The Morgan fingerprint density at radius 2 is 1.78 bits per heavy atom. The van der Waals surface area contributed by atoms with Crippen LogP contribution in [0.1, 0.15) is 30.4 Å². The van der Waals surface area contributed by atoms with E-state index in [9.17, 15) is 13.2 Å². The van der Waals surface area contributed by atoms with Gasteiger partial charge in [-0.15, -0.1) is 0 Å². The van der Waals surface area contributed by atoms with Gasteiger partial charge in [0.1, 0.15) is 0 Å². The van der Waals surface area contributed by atoms with Crippen LogP contribution in [0.3, 0.4) is 0 Å². The standard InChI is InChI=1S/C13H17F3N2/c14-13(15,16)11-8-10(9-17)4-5-12(11)18-6-2-1-3-7-18/h4-5,8H,1-3,6-7,9,17H2. The maximum atomic E-state index is 13.1. The van der Waals surface area contributed by atoms with E-state index in [2.05, 4.69) is 0 Å². The van der Waals surface area contributed by atoms with Crippen LogP contribution in [0.4, 0.5) is 18.9 Å². The van der Waals surface area contributed by atoms with E-state index in [1.165, 1.54) is 6.07 Å². The molecule has 1 saturated heterocycles. The molecule has 0 amide bonds. The van der Waals surface area contributed by atoms with Crippen LogP contribution in [-0.4, -0.2) is 13.1 Å². The highest BCUT2D eigenvalue weighted by atomic mass is 19.4. The Morgan fingerprint density at radius 3 is 2.33 bits per heavy atom. The lowest BCUT2D eigenvalue weighted by Gasteiger charge is -2.31. The summed E-state index contributed by atoms with van der Waals surface area (Å²) in [5.74, 6) is 0. The Bertz CT molecular complexity index is 409. The summed E-state index contributed by atoms with van der Waals surface area (Å²) in [7, 11) is 0. The number of halogens is 3. The SMILES string of the molecule is NCc1ccc(N2CCCCC2)c(C(F)(F)F)c1. The fraction of sp³-hybridized carbons (Fsp3) is 0.538. The summed E-state index contributed by atoms with van der Waals surface area (Å²) in [5.41, 5.74) is 5.65. The van der Waals surface area contributed by atoms with Gasteiger partial charge in [0.25, 0.3) is 0 Å². The van der Waals surface area contributed by atoms with Gasteiger partial charge in [0.2, 0.25) is 0 Å². The van der Waals surface area contributed by atoms with E-state index in [1.54, 1.807) is 12.1 Å². The first-order valence-electron chi connectivity index (χ1n) is 6.17. The molecule has 0 aromatic heterocycles. The third-order valence-corrected chi connectivity index (χ3v) is 3.30. The Kier molecular flexibility index (Phi) is 3.80. The Morgan fingerprint density at radius 1 is 1.11 bits per heavy atom. The molecule has 0 saturated carbocycles. The molecule has 0 bridgehead atoms. The van der Waals surface area contributed by atoms with Crippen molar-refractivity contribution in [2.45, 2.75) is 32.0 Å². The van der Waals surface area contributed by atoms with E-state index in [-0.39, 0.29) is 6.54 Å². The monoisotopic (exact) mass is 258 g/mol. The number of alkyl halides is 3. The number of hydrogen-bond acceptors (Lipinski definition) is 2. The lowest BCUT2D eigenvalue weighted by molar-refractivity contribution is -0.137. The molecular weight excluding hydrogens is 241 g/mol. The molecule has 0 spiro atoms. The maximum absolute atomic E-state index is 13.1. The number of nitrogens with zero attached hydrogens (tertiary/aromatic N) is 1. The number of anilines is 1. The first-order chi connectivity index (χ1) is 8.52.